The molecule has 0 bridgehead atoms. The average molecular weight is 414 g/mol. The quantitative estimate of drug-likeness (QED) is 0.665. The van der Waals surface area contributed by atoms with E-state index in [0.29, 0.717) is 42.9 Å². The second kappa shape index (κ2) is 8.18. The highest BCUT2D eigenvalue weighted by molar-refractivity contribution is 7.20. The molecule has 1 saturated heterocycles. The molecule has 0 atom stereocenters. The van der Waals surface area contributed by atoms with Crippen molar-refractivity contribution in [1.82, 2.24) is 19.9 Å². The maximum absolute atomic E-state index is 12.8. The molecule has 0 saturated carbocycles. The van der Waals surface area contributed by atoms with Gasteiger partial charge in [-0.25, -0.2) is 4.98 Å². The molecule has 3 aromatic rings. The van der Waals surface area contributed by atoms with Gasteiger partial charge < -0.3 is 19.9 Å². The van der Waals surface area contributed by atoms with Gasteiger partial charge in [-0.05, 0) is 17.7 Å². The summed E-state index contributed by atoms with van der Waals surface area (Å²) in [7, 11) is 3.94. The zero-order valence-electron chi connectivity index (χ0n) is 16.3. The third-order valence-electron chi connectivity index (χ3n) is 4.71. The molecule has 0 radical (unpaired) electrons. The van der Waals surface area contributed by atoms with E-state index in [4.69, 9.17) is 4.74 Å². The second-order valence-corrected chi connectivity index (χ2v) is 7.83. The molecular weight excluding hydrogens is 392 g/mol. The van der Waals surface area contributed by atoms with E-state index in [1.807, 2.05) is 43.3 Å². The highest BCUT2D eigenvalue weighted by Gasteiger charge is 2.19. The summed E-state index contributed by atoms with van der Waals surface area (Å²) in [6, 6.07) is 7.84. The Bertz CT molecular complexity index is 1070. The zero-order chi connectivity index (χ0) is 20.4. The van der Waals surface area contributed by atoms with Crippen LogP contribution in [-0.4, -0.2) is 60.9 Å². The predicted octanol–water partition coefficient (Wildman–Crippen LogP) is 0.984. The van der Waals surface area contributed by atoms with Crippen LogP contribution in [0.2, 0.25) is 0 Å². The van der Waals surface area contributed by atoms with Crippen LogP contribution in [-0.2, 0) is 11.3 Å². The first-order chi connectivity index (χ1) is 14.0. The number of ether oxygens (including phenoxy) is 1. The van der Waals surface area contributed by atoms with Crippen LogP contribution in [0.25, 0.3) is 4.96 Å². The summed E-state index contributed by atoms with van der Waals surface area (Å²) in [4.78, 5) is 34.1. The summed E-state index contributed by atoms with van der Waals surface area (Å²) >= 11 is 1.33. The number of aromatic nitrogens is 3. The first-order valence-corrected chi connectivity index (χ1v) is 10.1. The minimum absolute atomic E-state index is 0.0220. The van der Waals surface area contributed by atoms with Crippen molar-refractivity contribution >= 4 is 33.0 Å². The lowest BCUT2D eigenvalue weighted by Gasteiger charge is -2.25. The number of nitrogens with zero attached hydrogens (tertiary/aromatic N) is 5. The fourth-order valence-corrected chi connectivity index (χ4v) is 3.92. The van der Waals surface area contributed by atoms with Crippen molar-refractivity contribution < 1.29 is 9.53 Å². The Hall–Kier alpha value is -2.98. The molecule has 1 N–H and O–H groups in total. The molecule has 4 rings (SSSR count). The Morgan fingerprint density at radius 2 is 1.97 bits per heavy atom. The van der Waals surface area contributed by atoms with Gasteiger partial charge in [-0.1, -0.05) is 23.5 Å². The van der Waals surface area contributed by atoms with Crippen LogP contribution >= 0.6 is 11.3 Å². The second-order valence-electron chi connectivity index (χ2n) is 6.90. The van der Waals surface area contributed by atoms with Crippen LogP contribution < -0.4 is 20.7 Å². The molecule has 0 aliphatic carbocycles. The van der Waals surface area contributed by atoms with E-state index in [-0.39, 0.29) is 5.56 Å². The Morgan fingerprint density at radius 3 is 2.66 bits per heavy atom. The molecule has 3 heterocycles. The number of anilines is 2. The smallest absolute Gasteiger partial charge is 0.288 e. The monoisotopic (exact) mass is 414 g/mol. The van der Waals surface area contributed by atoms with E-state index >= 15 is 0 Å². The summed E-state index contributed by atoms with van der Waals surface area (Å²) in [6.07, 6.45) is 1.32. The van der Waals surface area contributed by atoms with Gasteiger partial charge in [-0.15, -0.1) is 5.10 Å². The minimum Gasteiger partial charge on any atom is -0.378 e. The first-order valence-electron chi connectivity index (χ1n) is 9.29. The number of fused-ring (bicyclic) bond motifs is 1. The normalized spacial score (nSPS) is 14.2. The van der Waals surface area contributed by atoms with E-state index in [1.54, 1.807) is 0 Å². The third-order valence-corrected chi connectivity index (χ3v) is 5.69. The standard InChI is InChI=1S/C19H22N6O3S/c1-23(2)14-5-3-13(4-6-14)11-20-16(26)15-12-21-18-25(17(15)27)22-19(29-18)24-7-9-28-10-8-24/h3-6,12H,7-11H2,1-2H3,(H,20,26). The number of morpholine rings is 1. The van der Waals surface area contributed by atoms with Gasteiger partial charge in [0.05, 0.1) is 13.2 Å². The van der Waals surface area contributed by atoms with Crippen molar-refractivity contribution in [3.63, 3.8) is 0 Å². The number of hydrogen-bond donors (Lipinski definition) is 1. The van der Waals surface area contributed by atoms with Crippen molar-refractivity contribution in [2.45, 2.75) is 6.54 Å². The van der Waals surface area contributed by atoms with E-state index in [2.05, 4.69) is 20.3 Å². The predicted molar refractivity (Wildman–Crippen MR) is 112 cm³/mol. The van der Waals surface area contributed by atoms with Crippen LogP contribution in [0.4, 0.5) is 10.8 Å². The van der Waals surface area contributed by atoms with Crippen LogP contribution in [0, 0.1) is 0 Å². The molecule has 152 valence electrons. The Morgan fingerprint density at radius 1 is 1.24 bits per heavy atom. The Labute approximate surface area is 171 Å². The van der Waals surface area contributed by atoms with Crippen LogP contribution in [0.3, 0.4) is 0 Å². The Kier molecular flexibility index (Phi) is 5.45. The maximum Gasteiger partial charge on any atom is 0.288 e. The molecule has 29 heavy (non-hydrogen) atoms. The van der Waals surface area contributed by atoms with Gasteiger partial charge in [-0.2, -0.15) is 4.52 Å². The number of benzene rings is 1. The van der Waals surface area contributed by atoms with Gasteiger partial charge in [-0.3, -0.25) is 9.59 Å². The third kappa shape index (κ3) is 4.08. The molecule has 1 aromatic carbocycles. The highest BCUT2D eigenvalue weighted by Crippen LogP contribution is 2.22. The summed E-state index contributed by atoms with van der Waals surface area (Å²) in [6.45, 7) is 3.01. The number of hydrogen-bond acceptors (Lipinski definition) is 8. The van der Waals surface area contributed by atoms with Gasteiger partial charge in [0.25, 0.3) is 11.5 Å². The lowest BCUT2D eigenvalue weighted by molar-refractivity contribution is 0.0948. The van der Waals surface area contributed by atoms with Gasteiger partial charge >= 0.3 is 0 Å². The lowest BCUT2D eigenvalue weighted by Crippen LogP contribution is -2.36. The maximum atomic E-state index is 12.8. The molecule has 10 heteroatoms. The van der Waals surface area contributed by atoms with Crippen molar-refractivity contribution in [3.8, 4) is 0 Å². The molecule has 1 fully saturated rings. The van der Waals surface area contributed by atoms with Crippen molar-refractivity contribution in [1.29, 1.82) is 0 Å². The van der Waals surface area contributed by atoms with Crippen molar-refractivity contribution in [3.05, 3.63) is 51.9 Å². The summed E-state index contributed by atoms with van der Waals surface area (Å²) in [5.74, 6) is -0.463. The Balaban J connectivity index is 1.50. The van der Waals surface area contributed by atoms with Gasteiger partial charge in [0.2, 0.25) is 10.1 Å². The van der Waals surface area contributed by atoms with E-state index in [1.165, 1.54) is 22.0 Å². The number of carbonyl (C=O) groups excluding carboxylic acids is 1. The topological polar surface area (TPSA) is 92.1 Å². The number of nitrogens with one attached hydrogen (secondary N) is 1. The van der Waals surface area contributed by atoms with E-state index < -0.39 is 11.5 Å². The van der Waals surface area contributed by atoms with Gasteiger partial charge in [0.15, 0.2) is 0 Å². The lowest BCUT2D eigenvalue weighted by atomic mass is 10.2. The average Bonchev–Trinajstić information content (AvgIpc) is 3.18. The molecule has 2 aromatic heterocycles. The highest BCUT2D eigenvalue weighted by atomic mass is 32.1. The minimum atomic E-state index is -0.466. The number of rotatable bonds is 5. The summed E-state index contributed by atoms with van der Waals surface area (Å²) in [5, 5.41) is 7.86. The molecule has 0 unspecified atom stereocenters. The first kappa shape index (κ1) is 19.3. The van der Waals surface area contributed by atoms with E-state index in [0.717, 1.165) is 11.3 Å². The molecule has 1 aliphatic heterocycles. The largest absolute Gasteiger partial charge is 0.378 e. The zero-order valence-corrected chi connectivity index (χ0v) is 17.1. The van der Waals surface area contributed by atoms with Crippen LogP contribution in [0.15, 0.2) is 35.3 Å². The number of carbonyl (C=O) groups is 1. The van der Waals surface area contributed by atoms with Crippen molar-refractivity contribution in [2.24, 2.45) is 0 Å². The van der Waals surface area contributed by atoms with E-state index in [9.17, 15) is 9.59 Å². The molecule has 1 amide bonds. The molecule has 1 aliphatic rings. The fourth-order valence-electron chi connectivity index (χ4n) is 3.00. The van der Waals surface area contributed by atoms with Gasteiger partial charge in [0, 0.05) is 45.6 Å². The number of amides is 1. The van der Waals surface area contributed by atoms with Crippen LogP contribution in [0.1, 0.15) is 15.9 Å². The summed E-state index contributed by atoms with van der Waals surface area (Å²) in [5.41, 5.74) is 1.53. The molecule has 0 spiro atoms. The van der Waals surface area contributed by atoms with Crippen LogP contribution in [0.5, 0.6) is 0 Å². The fraction of sp³-hybridized carbons (Fsp3) is 0.368. The van der Waals surface area contributed by atoms with Gasteiger partial charge in [0.1, 0.15) is 5.56 Å². The SMILES string of the molecule is CN(C)c1ccc(CNC(=O)c2cnc3sc(N4CCOCC4)nn3c2=O)cc1. The molecule has 9 nitrogen and oxygen atoms in total. The molecular formula is C19H22N6O3S. The van der Waals surface area contributed by atoms with Crippen molar-refractivity contribution in [2.75, 3.05) is 50.2 Å². The summed E-state index contributed by atoms with van der Waals surface area (Å²) < 4.78 is 6.55.